The molecule has 4 nitrogen and oxygen atoms in total. The van der Waals surface area contributed by atoms with Crippen molar-refractivity contribution in [1.29, 1.82) is 0 Å². The summed E-state index contributed by atoms with van der Waals surface area (Å²) in [6, 6.07) is 10.1. The average Bonchev–Trinajstić information content (AvgIpc) is 3.31. The van der Waals surface area contributed by atoms with Crippen LogP contribution in [-0.4, -0.2) is 19.7 Å². The van der Waals surface area contributed by atoms with Gasteiger partial charge in [-0.15, -0.1) is 10.2 Å². The smallest absolute Gasteiger partial charge is 0.166 e. The molecule has 3 aromatic rings. The van der Waals surface area contributed by atoms with E-state index in [1.165, 1.54) is 12.1 Å². The Balaban J connectivity index is 1.92. The molecule has 0 spiro atoms. The summed E-state index contributed by atoms with van der Waals surface area (Å²) in [5.41, 5.74) is -2.79. The van der Waals surface area contributed by atoms with Gasteiger partial charge in [-0.3, -0.25) is 4.40 Å². The van der Waals surface area contributed by atoms with Gasteiger partial charge in [0.25, 0.3) is 0 Å². The van der Waals surface area contributed by atoms with E-state index in [1.807, 2.05) is 12.1 Å². The number of aromatic nitrogens is 3. The normalized spacial score (nSPS) is 21.7. The van der Waals surface area contributed by atoms with Crippen LogP contribution in [0.4, 0.5) is 0 Å². The zero-order chi connectivity index (χ0) is 21.2. The molecule has 4 rings (SSSR count). The fourth-order valence-corrected chi connectivity index (χ4v) is 3.19. The van der Waals surface area contributed by atoms with Crippen LogP contribution >= 0.6 is 11.6 Å². The molecule has 1 fully saturated rings. The molecule has 0 unspecified atom stereocenters. The number of nitrogens with zero attached hydrogens (tertiary/aromatic N) is 3. The molecule has 1 saturated carbocycles. The molecule has 0 amide bonds. The molecule has 118 valence electrons. The van der Waals surface area contributed by atoms with Gasteiger partial charge in [-0.1, -0.05) is 29.8 Å². The fourth-order valence-electron chi connectivity index (χ4n) is 3.06. The lowest BCUT2D eigenvalue weighted by Crippen LogP contribution is -2.18. The number of rotatable bonds is 3. The van der Waals surface area contributed by atoms with Crippen LogP contribution < -0.4 is 0 Å². The molecule has 0 atom stereocenters. The van der Waals surface area contributed by atoms with E-state index >= 15 is 0 Å². The van der Waals surface area contributed by atoms with Gasteiger partial charge in [-0.05, 0) is 50.3 Å². The lowest BCUT2D eigenvalue weighted by atomic mass is 9.95. The highest BCUT2D eigenvalue weighted by Crippen LogP contribution is 2.53. The van der Waals surface area contributed by atoms with Crippen molar-refractivity contribution in [1.82, 2.24) is 14.6 Å². The number of hydrogen-bond donors (Lipinski definition) is 1. The molecule has 23 heavy (non-hydrogen) atoms. The van der Waals surface area contributed by atoms with E-state index in [2.05, 4.69) is 10.2 Å². The van der Waals surface area contributed by atoms with Crippen molar-refractivity contribution < 1.29 is 13.3 Å². The van der Waals surface area contributed by atoms with E-state index in [9.17, 15) is 5.11 Å². The third kappa shape index (κ3) is 2.25. The monoisotopic (exact) mass is 335 g/mol. The van der Waals surface area contributed by atoms with Crippen LogP contribution in [0.25, 0.3) is 5.65 Å². The number of benzene rings is 1. The first-order valence-electron chi connectivity index (χ1n) is 10.2. The van der Waals surface area contributed by atoms with Gasteiger partial charge >= 0.3 is 0 Å². The number of fused-ring (bicyclic) bond motifs is 1. The van der Waals surface area contributed by atoms with Crippen LogP contribution in [0.1, 0.15) is 51.7 Å². The zero-order valence-corrected chi connectivity index (χ0v) is 12.9. The molecule has 1 N–H and O–H groups in total. The summed E-state index contributed by atoms with van der Waals surface area (Å²) in [6.07, 6.45) is 3.26. The molecule has 1 aliphatic carbocycles. The molecule has 0 saturated heterocycles. The Morgan fingerprint density at radius 1 is 1.22 bits per heavy atom. The zero-order valence-electron chi connectivity index (χ0n) is 18.1. The summed E-state index contributed by atoms with van der Waals surface area (Å²) in [7, 11) is 0. The summed E-state index contributed by atoms with van der Waals surface area (Å²) >= 11 is 5.99. The summed E-state index contributed by atoms with van der Waals surface area (Å²) in [6.45, 7) is -6.39. The third-order valence-electron chi connectivity index (χ3n) is 4.40. The van der Waals surface area contributed by atoms with Crippen LogP contribution in [0.3, 0.4) is 0 Å². The molecule has 0 bridgehead atoms. The first kappa shape index (κ1) is 9.40. The lowest BCUT2D eigenvalue weighted by molar-refractivity contribution is 0.0796. The Bertz CT molecular complexity index is 1060. The highest BCUT2D eigenvalue weighted by atomic mass is 35.5. The maximum atomic E-state index is 10.9. The van der Waals surface area contributed by atoms with Gasteiger partial charge in [-0.2, -0.15) is 0 Å². The van der Waals surface area contributed by atoms with Gasteiger partial charge in [0, 0.05) is 25.0 Å². The number of aliphatic hydroxyl groups is 1. The van der Waals surface area contributed by atoms with E-state index < -0.39 is 24.7 Å². The molecule has 0 radical (unpaired) electrons. The van der Waals surface area contributed by atoms with Crippen molar-refractivity contribution in [2.24, 2.45) is 0 Å². The van der Waals surface area contributed by atoms with E-state index in [-0.39, 0.29) is 11.2 Å². The second-order valence-electron chi connectivity index (χ2n) is 5.94. The molecule has 5 heteroatoms. The van der Waals surface area contributed by atoms with Crippen LogP contribution in [-0.2, 0) is 11.0 Å². The van der Waals surface area contributed by atoms with Crippen LogP contribution in [0.2, 0.25) is 5.02 Å². The Hall–Kier alpha value is -1.91. The van der Waals surface area contributed by atoms with Crippen molar-refractivity contribution in [3.05, 3.63) is 64.6 Å². The van der Waals surface area contributed by atoms with Gasteiger partial charge in [0.1, 0.15) is 5.82 Å². The van der Waals surface area contributed by atoms with Crippen LogP contribution in [0, 0.1) is 0 Å². The predicted octanol–water partition coefficient (Wildman–Crippen LogP) is 3.69. The average molecular weight is 336 g/mol. The van der Waals surface area contributed by atoms with Gasteiger partial charge in [-0.25, -0.2) is 0 Å². The van der Waals surface area contributed by atoms with E-state index in [4.69, 9.17) is 19.8 Å². The minimum absolute atomic E-state index is 0.0116. The maximum absolute atomic E-state index is 10.9. The first-order valence-corrected chi connectivity index (χ1v) is 7.63. The SMILES string of the molecule is [2H][13C]([2H])([2H])C(O)(c1cccn2c(C3(c4ccc(Cl)cc4)CC3)nnc12)[13C]([2H])([2H])[2H]. The van der Waals surface area contributed by atoms with Crippen LogP contribution in [0.15, 0.2) is 42.6 Å². The van der Waals surface area contributed by atoms with Crippen molar-refractivity contribution in [3.63, 3.8) is 0 Å². The second-order valence-corrected chi connectivity index (χ2v) is 6.37. The third-order valence-corrected chi connectivity index (χ3v) is 4.65. The molecular formula is C18H18ClN3O. The van der Waals surface area contributed by atoms with Crippen molar-refractivity contribution in [2.75, 3.05) is 0 Å². The quantitative estimate of drug-likeness (QED) is 0.743. The standard InChI is InChI=1S/C18H18ClN3O/c1-17(2,23)14-4-3-11-22-15(14)20-21-16(22)18(9-10-18)12-5-7-13(19)8-6-12/h3-8,11,23H,9-10H2,1-2H3/i1+1D3,2+1D3. The van der Waals surface area contributed by atoms with E-state index in [0.29, 0.717) is 10.8 Å². The minimum atomic E-state index is -3.19. The molecule has 1 aliphatic rings. The summed E-state index contributed by atoms with van der Waals surface area (Å²) < 4.78 is 47.8. The van der Waals surface area contributed by atoms with Gasteiger partial charge in [0.05, 0.1) is 11.0 Å². The van der Waals surface area contributed by atoms with Crippen LogP contribution in [0.5, 0.6) is 0 Å². The number of pyridine rings is 1. The fraction of sp³-hybridized carbons (Fsp3) is 0.333. The van der Waals surface area contributed by atoms with Crippen molar-refractivity contribution >= 4 is 17.2 Å². The van der Waals surface area contributed by atoms with Gasteiger partial charge in [0.2, 0.25) is 0 Å². The summed E-state index contributed by atoms with van der Waals surface area (Å²) in [5.74, 6) is 0.565. The molecule has 2 aromatic heterocycles. The predicted molar refractivity (Wildman–Crippen MR) is 89.7 cm³/mol. The largest absolute Gasteiger partial charge is 0.386 e. The Kier molecular flexibility index (Phi) is 1.96. The first-order chi connectivity index (χ1) is 13.4. The topological polar surface area (TPSA) is 50.4 Å². The van der Waals surface area contributed by atoms with E-state index in [1.54, 1.807) is 22.7 Å². The summed E-state index contributed by atoms with van der Waals surface area (Å²) in [5, 5.41) is 19.9. The minimum Gasteiger partial charge on any atom is -0.386 e. The van der Waals surface area contributed by atoms with E-state index in [0.717, 1.165) is 18.4 Å². The Labute approximate surface area is 148 Å². The Morgan fingerprint density at radius 3 is 2.61 bits per heavy atom. The second kappa shape index (κ2) is 4.79. The highest BCUT2D eigenvalue weighted by Gasteiger charge is 2.49. The molecule has 1 aromatic carbocycles. The molecular weight excluding hydrogens is 312 g/mol. The molecule has 0 aliphatic heterocycles. The molecule has 2 heterocycles. The lowest BCUT2D eigenvalue weighted by Gasteiger charge is -2.19. The van der Waals surface area contributed by atoms with Gasteiger partial charge in [0.15, 0.2) is 5.65 Å². The highest BCUT2D eigenvalue weighted by molar-refractivity contribution is 6.30. The Morgan fingerprint density at radius 2 is 1.96 bits per heavy atom. The summed E-state index contributed by atoms with van der Waals surface area (Å²) in [4.78, 5) is 0. The number of halogens is 1. The van der Waals surface area contributed by atoms with Crippen molar-refractivity contribution in [3.8, 4) is 0 Å². The van der Waals surface area contributed by atoms with Gasteiger partial charge < -0.3 is 5.11 Å². The maximum Gasteiger partial charge on any atom is 0.166 e. The van der Waals surface area contributed by atoms with Crippen molar-refractivity contribution in [2.45, 2.75) is 37.6 Å². The number of hydrogen-bond acceptors (Lipinski definition) is 3.